The Morgan fingerprint density at radius 2 is 0.957 bits per heavy atom. The minimum absolute atomic E-state index is 0.186. The zero-order chi connectivity index (χ0) is 17.2. The summed E-state index contributed by atoms with van der Waals surface area (Å²) >= 11 is 0. The molecular weight excluding hydrogens is 282 g/mol. The Balaban J connectivity index is 3.04. The van der Waals surface area contributed by atoms with Gasteiger partial charge in [-0.05, 0) is 6.42 Å². The summed E-state index contributed by atoms with van der Waals surface area (Å²) in [5.41, 5.74) is 5.41. The molecule has 3 nitrogen and oxygen atoms in total. The largest absolute Gasteiger partial charge is 0.370 e. The van der Waals surface area contributed by atoms with Crippen LogP contribution in [-0.4, -0.2) is 24.5 Å². The maximum absolute atomic E-state index is 7.29. The van der Waals surface area contributed by atoms with Crippen LogP contribution in [0.4, 0.5) is 0 Å². The normalized spacial score (nSPS) is 10.9. The number of unbranched alkanes of at least 4 members (excludes halogenated alkanes) is 15. The molecule has 0 aromatic rings. The van der Waals surface area contributed by atoms with E-state index in [1.807, 2.05) is 11.9 Å². The minimum Gasteiger partial charge on any atom is -0.370 e. The zero-order valence-corrected chi connectivity index (χ0v) is 16.0. The molecule has 0 aromatic carbocycles. The molecule has 0 atom stereocenters. The third kappa shape index (κ3) is 17.5. The Kier molecular flexibility index (Phi) is 17.1. The average molecular weight is 326 g/mol. The fraction of sp³-hybridized carbons (Fsp3) is 0.950. The molecule has 0 bridgehead atoms. The summed E-state index contributed by atoms with van der Waals surface area (Å²) in [7, 11) is 1.90. The molecule has 3 heteroatoms. The quantitative estimate of drug-likeness (QED) is 0.194. The van der Waals surface area contributed by atoms with Crippen LogP contribution in [0.5, 0.6) is 0 Å². The van der Waals surface area contributed by atoms with Crippen molar-refractivity contribution in [3.05, 3.63) is 0 Å². The minimum atomic E-state index is 0.186. The van der Waals surface area contributed by atoms with Gasteiger partial charge in [-0.2, -0.15) is 0 Å². The Morgan fingerprint density at radius 3 is 1.26 bits per heavy atom. The Labute approximate surface area is 145 Å². The first-order valence-electron chi connectivity index (χ1n) is 10.2. The first-order chi connectivity index (χ1) is 11.2. The van der Waals surface area contributed by atoms with Crippen LogP contribution in [0.15, 0.2) is 0 Å². The van der Waals surface area contributed by atoms with Gasteiger partial charge in [0.05, 0.1) is 0 Å². The molecule has 23 heavy (non-hydrogen) atoms. The van der Waals surface area contributed by atoms with E-state index in [-0.39, 0.29) is 5.96 Å². The lowest BCUT2D eigenvalue weighted by molar-refractivity contribution is 0.457. The number of nitrogens with zero attached hydrogens (tertiary/aromatic N) is 1. The molecule has 0 aromatic heterocycles. The number of hydrogen-bond acceptors (Lipinski definition) is 1. The maximum atomic E-state index is 7.29. The molecule has 0 radical (unpaired) electrons. The predicted molar refractivity (Wildman–Crippen MR) is 104 cm³/mol. The highest BCUT2D eigenvalue weighted by atomic mass is 15.2. The summed E-state index contributed by atoms with van der Waals surface area (Å²) in [6, 6.07) is 0. The number of nitrogens with two attached hydrogens (primary N) is 1. The first-order valence-corrected chi connectivity index (χ1v) is 10.2. The SMILES string of the molecule is CCCCCCCCCCCCCCCCCCN(C)C(=N)N. The summed E-state index contributed by atoms with van der Waals surface area (Å²) in [5.74, 6) is 0.186. The van der Waals surface area contributed by atoms with E-state index in [1.165, 1.54) is 96.3 Å². The van der Waals surface area contributed by atoms with Gasteiger partial charge < -0.3 is 10.6 Å². The van der Waals surface area contributed by atoms with E-state index in [4.69, 9.17) is 11.1 Å². The van der Waals surface area contributed by atoms with E-state index < -0.39 is 0 Å². The van der Waals surface area contributed by atoms with Crippen molar-refractivity contribution in [1.29, 1.82) is 5.41 Å². The molecule has 0 aliphatic rings. The maximum Gasteiger partial charge on any atom is 0.188 e. The summed E-state index contributed by atoms with van der Waals surface area (Å²) in [5, 5.41) is 7.29. The van der Waals surface area contributed by atoms with E-state index >= 15 is 0 Å². The van der Waals surface area contributed by atoms with Crippen LogP contribution in [0.3, 0.4) is 0 Å². The lowest BCUT2D eigenvalue weighted by Gasteiger charge is -2.15. The van der Waals surface area contributed by atoms with Gasteiger partial charge in [0, 0.05) is 13.6 Å². The molecule has 0 heterocycles. The molecule has 0 rings (SSSR count). The highest BCUT2D eigenvalue weighted by Gasteiger charge is 1.98. The molecule has 0 unspecified atom stereocenters. The summed E-state index contributed by atoms with van der Waals surface area (Å²) in [4.78, 5) is 1.82. The van der Waals surface area contributed by atoms with Crippen molar-refractivity contribution < 1.29 is 0 Å². The van der Waals surface area contributed by atoms with E-state index in [0.29, 0.717) is 0 Å². The third-order valence-electron chi connectivity index (χ3n) is 4.76. The van der Waals surface area contributed by atoms with E-state index in [1.54, 1.807) is 0 Å². The number of nitrogens with one attached hydrogen (secondary N) is 1. The van der Waals surface area contributed by atoms with Crippen molar-refractivity contribution >= 4 is 5.96 Å². The molecule has 138 valence electrons. The van der Waals surface area contributed by atoms with Gasteiger partial charge in [-0.3, -0.25) is 5.41 Å². The van der Waals surface area contributed by atoms with Crippen molar-refractivity contribution in [2.75, 3.05) is 13.6 Å². The number of hydrogen-bond donors (Lipinski definition) is 2. The van der Waals surface area contributed by atoms with Gasteiger partial charge in [0.25, 0.3) is 0 Å². The zero-order valence-electron chi connectivity index (χ0n) is 16.0. The molecule has 0 saturated carbocycles. The fourth-order valence-corrected chi connectivity index (χ4v) is 3.02. The second-order valence-electron chi connectivity index (χ2n) is 7.11. The van der Waals surface area contributed by atoms with Gasteiger partial charge in [0.1, 0.15) is 0 Å². The first kappa shape index (κ1) is 22.3. The monoisotopic (exact) mass is 325 g/mol. The van der Waals surface area contributed by atoms with Gasteiger partial charge in [-0.15, -0.1) is 0 Å². The summed E-state index contributed by atoms with van der Waals surface area (Å²) < 4.78 is 0. The van der Waals surface area contributed by atoms with Crippen molar-refractivity contribution in [2.24, 2.45) is 5.73 Å². The number of guanidine groups is 1. The highest BCUT2D eigenvalue weighted by molar-refractivity contribution is 5.74. The number of rotatable bonds is 17. The molecule has 3 N–H and O–H groups in total. The van der Waals surface area contributed by atoms with Crippen LogP contribution < -0.4 is 5.73 Å². The lowest BCUT2D eigenvalue weighted by Crippen LogP contribution is -2.33. The van der Waals surface area contributed by atoms with Crippen LogP contribution >= 0.6 is 0 Å². The van der Waals surface area contributed by atoms with E-state index in [9.17, 15) is 0 Å². The molecule has 0 spiro atoms. The van der Waals surface area contributed by atoms with Crippen molar-refractivity contribution in [3.8, 4) is 0 Å². The Morgan fingerprint density at radius 1 is 0.652 bits per heavy atom. The highest BCUT2D eigenvalue weighted by Crippen LogP contribution is 2.13. The summed E-state index contributed by atoms with van der Waals surface area (Å²) in [6.07, 6.45) is 22.3. The van der Waals surface area contributed by atoms with Crippen molar-refractivity contribution in [2.45, 2.75) is 110 Å². The van der Waals surface area contributed by atoms with Gasteiger partial charge in [-0.1, -0.05) is 103 Å². The molecule has 0 saturated heterocycles. The smallest absolute Gasteiger partial charge is 0.188 e. The second kappa shape index (κ2) is 17.6. The van der Waals surface area contributed by atoms with Gasteiger partial charge in [0.2, 0.25) is 0 Å². The standard InChI is InChI=1S/C20H43N3/c1-3-4-5-6-7-8-9-10-11-12-13-14-15-16-17-18-19-23(2)20(21)22/h3-19H2,1-2H3,(H3,21,22). The van der Waals surface area contributed by atoms with Crippen LogP contribution in [0.25, 0.3) is 0 Å². The Hall–Kier alpha value is -0.730. The molecular formula is C20H43N3. The van der Waals surface area contributed by atoms with E-state index in [2.05, 4.69) is 6.92 Å². The lowest BCUT2D eigenvalue weighted by atomic mass is 10.0. The van der Waals surface area contributed by atoms with Crippen LogP contribution in [0.1, 0.15) is 110 Å². The van der Waals surface area contributed by atoms with Crippen molar-refractivity contribution in [1.82, 2.24) is 4.90 Å². The van der Waals surface area contributed by atoms with Gasteiger partial charge in [-0.25, -0.2) is 0 Å². The van der Waals surface area contributed by atoms with Gasteiger partial charge >= 0.3 is 0 Å². The van der Waals surface area contributed by atoms with Crippen LogP contribution in [-0.2, 0) is 0 Å². The van der Waals surface area contributed by atoms with Crippen LogP contribution in [0, 0.1) is 5.41 Å². The predicted octanol–water partition coefficient (Wildman–Crippen LogP) is 6.07. The second-order valence-corrected chi connectivity index (χ2v) is 7.11. The fourth-order valence-electron chi connectivity index (χ4n) is 3.02. The topological polar surface area (TPSA) is 53.1 Å². The van der Waals surface area contributed by atoms with Crippen LogP contribution in [0.2, 0.25) is 0 Å². The summed E-state index contributed by atoms with van der Waals surface area (Å²) in [6.45, 7) is 3.21. The average Bonchev–Trinajstić information content (AvgIpc) is 2.54. The third-order valence-corrected chi connectivity index (χ3v) is 4.76. The van der Waals surface area contributed by atoms with E-state index in [0.717, 1.165) is 13.0 Å². The van der Waals surface area contributed by atoms with Crippen molar-refractivity contribution in [3.63, 3.8) is 0 Å². The Bertz CT molecular complexity index is 253. The van der Waals surface area contributed by atoms with Gasteiger partial charge in [0.15, 0.2) is 5.96 Å². The molecule has 0 fully saturated rings. The molecule has 0 amide bonds. The molecule has 0 aliphatic carbocycles. The molecule has 0 aliphatic heterocycles.